The third-order valence-electron chi connectivity index (χ3n) is 2.86. The lowest BCUT2D eigenvalue weighted by Crippen LogP contribution is -2.27. The van der Waals surface area contributed by atoms with Gasteiger partial charge in [0.05, 0.1) is 0 Å². The first-order valence-electron chi connectivity index (χ1n) is 6.09. The Morgan fingerprint density at radius 2 is 1.70 bits per heavy atom. The quantitative estimate of drug-likeness (QED) is 0.782. The third-order valence-corrected chi connectivity index (χ3v) is 2.86. The van der Waals surface area contributed by atoms with Crippen LogP contribution < -0.4 is 16.8 Å². The molecular formula is C15H15N3O2. The summed E-state index contributed by atoms with van der Waals surface area (Å²) in [6.45, 7) is 0. The summed E-state index contributed by atoms with van der Waals surface area (Å²) in [5.41, 5.74) is 12.6. The average Bonchev–Trinajstić information content (AvgIpc) is 2.47. The summed E-state index contributed by atoms with van der Waals surface area (Å²) >= 11 is 0. The molecule has 0 fully saturated rings. The Bertz CT molecular complexity index is 626. The van der Waals surface area contributed by atoms with Gasteiger partial charge in [0.25, 0.3) is 0 Å². The van der Waals surface area contributed by atoms with Gasteiger partial charge in [-0.3, -0.25) is 9.59 Å². The lowest BCUT2D eigenvalue weighted by Gasteiger charge is -2.12. The maximum Gasteiger partial charge on any atom is 0.248 e. The summed E-state index contributed by atoms with van der Waals surface area (Å²) in [6.07, 6.45) is 0. The van der Waals surface area contributed by atoms with Crippen molar-refractivity contribution in [2.75, 3.05) is 5.32 Å². The van der Waals surface area contributed by atoms with Crippen molar-refractivity contribution in [3.63, 3.8) is 0 Å². The van der Waals surface area contributed by atoms with Gasteiger partial charge in [0.2, 0.25) is 11.8 Å². The molecule has 5 heteroatoms. The zero-order chi connectivity index (χ0) is 14.5. The van der Waals surface area contributed by atoms with E-state index in [4.69, 9.17) is 11.5 Å². The van der Waals surface area contributed by atoms with Crippen LogP contribution in [0.5, 0.6) is 0 Å². The van der Waals surface area contributed by atoms with Crippen LogP contribution in [-0.2, 0) is 4.79 Å². The first-order valence-corrected chi connectivity index (χ1v) is 6.09. The second-order valence-corrected chi connectivity index (χ2v) is 4.32. The minimum absolute atomic E-state index is 0.330. The first-order chi connectivity index (χ1) is 9.58. The molecule has 0 saturated heterocycles. The van der Waals surface area contributed by atoms with Gasteiger partial charge in [-0.1, -0.05) is 36.4 Å². The molecule has 2 rings (SSSR count). The molecule has 0 heterocycles. The SMILES string of the molecule is NC(=O)c1cccc(NC(=O)[C@H](N)c2ccccc2)c1. The van der Waals surface area contributed by atoms with Crippen molar-refractivity contribution in [3.8, 4) is 0 Å². The van der Waals surface area contributed by atoms with Gasteiger partial charge in [-0.05, 0) is 23.8 Å². The highest BCUT2D eigenvalue weighted by molar-refractivity contribution is 5.98. The van der Waals surface area contributed by atoms with E-state index in [0.717, 1.165) is 5.56 Å². The fourth-order valence-electron chi connectivity index (χ4n) is 1.78. The van der Waals surface area contributed by atoms with Gasteiger partial charge in [0, 0.05) is 11.3 Å². The molecule has 5 N–H and O–H groups in total. The summed E-state index contributed by atoms with van der Waals surface area (Å²) in [5, 5.41) is 2.66. The molecule has 2 aromatic rings. The van der Waals surface area contributed by atoms with Crippen LogP contribution in [0.15, 0.2) is 54.6 Å². The van der Waals surface area contributed by atoms with Gasteiger partial charge >= 0.3 is 0 Å². The fourth-order valence-corrected chi connectivity index (χ4v) is 1.78. The molecular weight excluding hydrogens is 254 g/mol. The second kappa shape index (κ2) is 5.99. The summed E-state index contributed by atoms with van der Waals surface area (Å²) in [5.74, 6) is -0.897. The molecule has 102 valence electrons. The van der Waals surface area contributed by atoms with Crippen molar-refractivity contribution >= 4 is 17.5 Å². The second-order valence-electron chi connectivity index (χ2n) is 4.32. The molecule has 1 atom stereocenters. The summed E-state index contributed by atoms with van der Waals surface area (Å²) < 4.78 is 0. The molecule has 0 spiro atoms. The van der Waals surface area contributed by atoms with Crippen LogP contribution in [0.2, 0.25) is 0 Å². The van der Waals surface area contributed by atoms with E-state index in [0.29, 0.717) is 11.3 Å². The van der Waals surface area contributed by atoms with Crippen molar-refractivity contribution < 1.29 is 9.59 Å². The van der Waals surface area contributed by atoms with Crippen LogP contribution in [-0.4, -0.2) is 11.8 Å². The number of primary amides is 1. The molecule has 0 aromatic heterocycles. The number of anilines is 1. The molecule has 0 aliphatic heterocycles. The van der Waals surface area contributed by atoms with E-state index < -0.39 is 11.9 Å². The molecule has 20 heavy (non-hydrogen) atoms. The molecule has 0 aliphatic rings. The lowest BCUT2D eigenvalue weighted by molar-refractivity contribution is -0.117. The molecule has 5 nitrogen and oxygen atoms in total. The maximum atomic E-state index is 12.0. The summed E-state index contributed by atoms with van der Waals surface area (Å²) in [7, 11) is 0. The van der Waals surface area contributed by atoms with Crippen LogP contribution >= 0.6 is 0 Å². The van der Waals surface area contributed by atoms with Crippen LogP contribution in [0.1, 0.15) is 22.0 Å². The van der Waals surface area contributed by atoms with Crippen molar-refractivity contribution in [1.29, 1.82) is 0 Å². The van der Waals surface area contributed by atoms with E-state index in [1.54, 1.807) is 30.3 Å². The Morgan fingerprint density at radius 3 is 2.35 bits per heavy atom. The standard InChI is InChI=1S/C15H15N3O2/c16-13(10-5-2-1-3-6-10)15(20)18-12-8-4-7-11(9-12)14(17)19/h1-9,13H,16H2,(H2,17,19)(H,18,20)/t13-/m1/s1. The summed E-state index contributed by atoms with van der Waals surface area (Å²) in [4.78, 5) is 23.1. The van der Waals surface area contributed by atoms with Crippen LogP contribution in [0.3, 0.4) is 0 Å². The largest absolute Gasteiger partial charge is 0.366 e. The highest BCUT2D eigenvalue weighted by atomic mass is 16.2. The van der Waals surface area contributed by atoms with Crippen molar-refractivity contribution in [1.82, 2.24) is 0 Å². The molecule has 0 saturated carbocycles. The molecule has 0 unspecified atom stereocenters. The lowest BCUT2D eigenvalue weighted by atomic mass is 10.1. The van der Waals surface area contributed by atoms with E-state index in [1.165, 1.54) is 6.07 Å². The van der Waals surface area contributed by atoms with Gasteiger partial charge in [0.15, 0.2) is 0 Å². The number of rotatable bonds is 4. The van der Waals surface area contributed by atoms with E-state index in [2.05, 4.69) is 5.32 Å². The first kappa shape index (κ1) is 13.8. The van der Waals surface area contributed by atoms with Gasteiger partial charge in [-0.25, -0.2) is 0 Å². The van der Waals surface area contributed by atoms with E-state index >= 15 is 0 Å². The highest BCUT2D eigenvalue weighted by Crippen LogP contribution is 2.15. The number of nitrogens with two attached hydrogens (primary N) is 2. The third kappa shape index (κ3) is 3.21. The van der Waals surface area contributed by atoms with Crippen molar-refractivity contribution in [3.05, 3.63) is 65.7 Å². The monoisotopic (exact) mass is 269 g/mol. The number of nitrogens with one attached hydrogen (secondary N) is 1. The predicted molar refractivity (Wildman–Crippen MR) is 77.0 cm³/mol. The normalized spacial score (nSPS) is 11.7. The van der Waals surface area contributed by atoms with Crippen LogP contribution in [0.4, 0.5) is 5.69 Å². The topological polar surface area (TPSA) is 98.2 Å². The van der Waals surface area contributed by atoms with Gasteiger partial charge in [-0.15, -0.1) is 0 Å². The van der Waals surface area contributed by atoms with Crippen LogP contribution in [0.25, 0.3) is 0 Å². The Kier molecular flexibility index (Phi) is 4.12. The van der Waals surface area contributed by atoms with Gasteiger partial charge in [0.1, 0.15) is 6.04 Å². The van der Waals surface area contributed by atoms with E-state index in [9.17, 15) is 9.59 Å². The molecule has 2 amide bonds. The van der Waals surface area contributed by atoms with Gasteiger partial charge < -0.3 is 16.8 Å². The summed E-state index contributed by atoms with van der Waals surface area (Å²) in [6, 6.07) is 14.7. The molecule has 0 radical (unpaired) electrons. The van der Waals surface area contributed by atoms with Gasteiger partial charge in [-0.2, -0.15) is 0 Å². The smallest absolute Gasteiger partial charge is 0.248 e. The highest BCUT2D eigenvalue weighted by Gasteiger charge is 2.15. The molecule has 0 aliphatic carbocycles. The zero-order valence-electron chi connectivity index (χ0n) is 10.7. The van der Waals surface area contributed by atoms with Crippen molar-refractivity contribution in [2.24, 2.45) is 11.5 Å². The molecule has 2 aromatic carbocycles. The Hall–Kier alpha value is -2.66. The number of hydrogen-bond donors (Lipinski definition) is 3. The molecule has 0 bridgehead atoms. The average molecular weight is 269 g/mol. The predicted octanol–water partition coefficient (Wildman–Crippen LogP) is 1.42. The fraction of sp³-hybridized carbons (Fsp3) is 0.0667. The number of carbonyl (C=O) groups is 2. The van der Waals surface area contributed by atoms with Crippen molar-refractivity contribution in [2.45, 2.75) is 6.04 Å². The van der Waals surface area contributed by atoms with Crippen LogP contribution in [0, 0.1) is 0 Å². The maximum absolute atomic E-state index is 12.0. The zero-order valence-corrected chi connectivity index (χ0v) is 10.7. The van der Waals surface area contributed by atoms with E-state index in [1.807, 2.05) is 18.2 Å². The Labute approximate surface area is 116 Å². The number of carbonyl (C=O) groups excluding carboxylic acids is 2. The Balaban J connectivity index is 2.12. The van der Waals surface area contributed by atoms with E-state index in [-0.39, 0.29) is 5.91 Å². The number of benzene rings is 2. The Morgan fingerprint density at radius 1 is 1.00 bits per heavy atom. The number of hydrogen-bond acceptors (Lipinski definition) is 3. The minimum atomic E-state index is -0.770. The minimum Gasteiger partial charge on any atom is -0.366 e. The number of amides is 2.